The lowest BCUT2D eigenvalue weighted by molar-refractivity contribution is -0.127. The fourth-order valence-corrected chi connectivity index (χ4v) is 2.71. The normalized spacial score (nSPS) is 17.1. The van der Waals surface area contributed by atoms with E-state index in [-0.39, 0.29) is 25.2 Å². The van der Waals surface area contributed by atoms with Gasteiger partial charge in [0.05, 0.1) is 24.3 Å². The summed E-state index contributed by atoms with van der Waals surface area (Å²) >= 11 is 6.12. The molecular weight excluding hydrogens is 332 g/mol. The fraction of sp³-hybridized carbons (Fsp3) is 0.412. The van der Waals surface area contributed by atoms with Gasteiger partial charge in [-0.3, -0.25) is 4.79 Å². The van der Waals surface area contributed by atoms with Gasteiger partial charge in [0.15, 0.2) is 5.76 Å². The van der Waals surface area contributed by atoms with Crippen LogP contribution in [0.4, 0.5) is 0 Å². The molecule has 0 saturated carbocycles. The van der Waals surface area contributed by atoms with Crippen LogP contribution < -0.4 is 5.32 Å². The lowest BCUT2D eigenvalue weighted by Gasteiger charge is -2.09. The summed E-state index contributed by atoms with van der Waals surface area (Å²) in [5.74, 6) is 0.370. The van der Waals surface area contributed by atoms with E-state index in [1.54, 1.807) is 12.1 Å². The lowest BCUT2D eigenvalue weighted by atomic mass is 10.1. The topological polar surface area (TPSA) is 73.6 Å². The van der Waals surface area contributed by atoms with Gasteiger partial charge in [-0.25, -0.2) is 0 Å². The molecule has 1 atom stereocenters. The van der Waals surface area contributed by atoms with Gasteiger partial charge in [0, 0.05) is 18.2 Å². The first kappa shape index (κ1) is 17.0. The van der Waals surface area contributed by atoms with Crippen molar-refractivity contribution < 1.29 is 18.8 Å². The average molecular weight is 351 g/mol. The molecule has 3 rings (SSSR count). The molecule has 6 nitrogen and oxygen atoms in total. The van der Waals surface area contributed by atoms with Crippen LogP contribution >= 0.6 is 11.6 Å². The monoisotopic (exact) mass is 350 g/mol. The van der Waals surface area contributed by atoms with Crippen molar-refractivity contribution in [2.24, 2.45) is 0 Å². The highest BCUT2D eigenvalue weighted by atomic mass is 35.5. The third kappa shape index (κ3) is 4.56. The number of halogens is 1. The molecule has 7 heteroatoms. The van der Waals surface area contributed by atoms with Crippen molar-refractivity contribution in [3.8, 4) is 11.3 Å². The Hall–Kier alpha value is -1.89. The predicted molar refractivity (Wildman–Crippen MR) is 88.6 cm³/mol. The second-order valence-corrected chi connectivity index (χ2v) is 6.00. The molecule has 1 saturated heterocycles. The highest BCUT2D eigenvalue weighted by molar-refractivity contribution is 6.33. The summed E-state index contributed by atoms with van der Waals surface area (Å²) < 4.78 is 16.1. The number of hydrogen-bond acceptors (Lipinski definition) is 5. The lowest BCUT2D eigenvalue weighted by Crippen LogP contribution is -2.28. The molecule has 128 valence electrons. The average Bonchev–Trinajstić information content (AvgIpc) is 3.25. The first-order valence-electron chi connectivity index (χ1n) is 7.89. The Morgan fingerprint density at radius 2 is 2.29 bits per heavy atom. The number of ether oxygens (including phenoxy) is 2. The van der Waals surface area contributed by atoms with Crippen LogP contribution in [0, 0.1) is 0 Å². The zero-order valence-corrected chi connectivity index (χ0v) is 13.9. The molecule has 0 radical (unpaired) electrons. The maximum atomic E-state index is 11.8. The predicted octanol–water partition coefficient (Wildman–Crippen LogP) is 2.81. The number of aromatic nitrogens is 1. The number of benzene rings is 1. The van der Waals surface area contributed by atoms with Gasteiger partial charge >= 0.3 is 0 Å². The molecule has 0 unspecified atom stereocenters. The van der Waals surface area contributed by atoms with E-state index < -0.39 is 0 Å². The summed E-state index contributed by atoms with van der Waals surface area (Å²) in [7, 11) is 0. The van der Waals surface area contributed by atoms with Crippen LogP contribution in [0.25, 0.3) is 11.3 Å². The molecule has 1 amide bonds. The van der Waals surface area contributed by atoms with E-state index >= 15 is 0 Å². The summed E-state index contributed by atoms with van der Waals surface area (Å²) in [5, 5.41) is 7.27. The van der Waals surface area contributed by atoms with Gasteiger partial charge < -0.3 is 19.3 Å². The van der Waals surface area contributed by atoms with Gasteiger partial charge in [-0.05, 0) is 25.0 Å². The zero-order valence-electron chi connectivity index (χ0n) is 13.2. The number of amides is 1. The van der Waals surface area contributed by atoms with Gasteiger partial charge in [-0.2, -0.15) is 0 Å². The maximum Gasteiger partial charge on any atom is 0.246 e. The number of rotatable bonds is 7. The minimum Gasteiger partial charge on any atom is -0.376 e. The van der Waals surface area contributed by atoms with Gasteiger partial charge in [-0.15, -0.1) is 0 Å². The number of nitrogens with one attached hydrogen (secondary N) is 1. The molecular formula is C17H19ClN2O4. The smallest absolute Gasteiger partial charge is 0.246 e. The minimum atomic E-state index is -0.199. The summed E-state index contributed by atoms with van der Waals surface area (Å²) in [5.41, 5.74) is 1.39. The first-order valence-corrected chi connectivity index (χ1v) is 8.26. The van der Waals surface area contributed by atoms with Crippen LogP contribution in [0.5, 0.6) is 0 Å². The third-order valence-electron chi connectivity index (χ3n) is 3.73. The molecule has 0 spiro atoms. The van der Waals surface area contributed by atoms with Crippen LogP contribution in [0.2, 0.25) is 5.02 Å². The molecule has 1 aliphatic rings. The minimum absolute atomic E-state index is 0.00901. The molecule has 1 aliphatic heterocycles. The Kier molecular flexibility index (Phi) is 5.85. The molecule has 0 bridgehead atoms. The van der Waals surface area contributed by atoms with E-state index in [1.807, 2.05) is 18.2 Å². The largest absolute Gasteiger partial charge is 0.376 e. The molecule has 0 aliphatic carbocycles. The van der Waals surface area contributed by atoms with E-state index in [1.165, 1.54) is 0 Å². The van der Waals surface area contributed by atoms with Crippen LogP contribution in [-0.2, 0) is 20.8 Å². The van der Waals surface area contributed by atoms with Crippen LogP contribution in [0.15, 0.2) is 34.9 Å². The second-order valence-electron chi connectivity index (χ2n) is 5.59. The second kappa shape index (κ2) is 8.28. The zero-order chi connectivity index (χ0) is 16.8. The molecule has 2 aromatic rings. The maximum absolute atomic E-state index is 11.8. The number of nitrogens with zero attached hydrogens (tertiary/aromatic N) is 1. The Morgan fingerprint density at radius 3 is 3.08 bits per heavy atom. The van der Waals surface area contributed by atoms with Crippen LogP contribution in [0.1, 0.15) is 18.5 Å². The van der Waals surface area contributed by atoms with Gasteiger partial charge in [0.2, 0.25) is 5.91 Å². The van der Waals surface area contributed by atoms with E-state index in [9.17, 15) is 4.79 Å². The van der Waals surface area contributed by atoms with E-state index in [0.29, 0.717) is 23.1 Å². The third-order valence-corrected chi connectivity index (χ3v) is 4.06. The van der Waals surface area contributed by atoms with Gasteiger partial charge in [-0.1, -0.05) is 28.9 Å². The molecule has 1 N–H and O–H groups in total. The van der Waals surface area contributed by atoms with Crippen molar-refractivity contribution in [2.45, 2.75) is 25.5 Å². The van der Waals surface area contributed by atoms with Crippen LogP contribution in [-0.4, -0.2) is 37.0 Å². The van der Waals surface area contributed by atoms with E-state index in [4.69, 9.17) is 25.6 Å². The Labute approximate surface area is 145 Å². The number of carbonyl (C=O) groups is 1. The SMILES string of the molecule is O=C(COC[C@H]1CCCO1)NCc1cc(-c2ccccc2Cl)on1. The Morgan fingerprint density at radius 1 is 1.42 bits per heavy atom. The van der Waals surface area contributed by atoms with Crippen molar-refractivity contribution in [1.82, 2.24) is 10.5 Å². The van der Waals surface area contributed by atoms with Gasteiger partial charge in [0.1, 0.15) is 12.3 Å². The molecule has 1 fully saturated rings. The fourth-order valence-electron chi connectivity index (χ4n) is 2.48. The van der Waals surface area contributed by atoms with Gasteiger partial charge in [0.25, 0.3) is 0 Å². The van der Waals surface area contributed by atoms with Crippen molar-refractivity contribution in [3.63, 3.8) is 0 Å². The van der Waals surface area contributed by atoms with E-state index in [2.05, 4.69) is 10.5 Å². The summed E-state index contributed by atoms with van der Waals surface area (Å²) in [6.07, 6.45) is 2.16. The molecule has 1 aromatic carbocycles. The van der Waals surface area contributed by atoms with Crippen molar-refractivity contribution in [3.05, 3.63) is 41.0 Å². The molecule has 2 heterocycles. The standard InChI is InChI=1S/C17H19ClN2O4/c18-15-6-2-1-5-14(15)16-8-12(20-24-16)9-19-17(21)11-22-10-13-4-3-7-23-13/h1-2,5-6,8,13H,3-4,7,9-11H2,(H,19,21)/t13-/m1/s1. The number of carbonyl (C=O) groups excluding carboxylic acids is 1. The molecule has 1 aromatic heterocycles. The Bertz CT molecular complexity index is 683. The summed E-state index contributed by atoms with van der Waals surface area (Å²) in [4.78, 5) is 11.8. The summed E-state index contributed by atoms with van der Waals surface area (Å²) in [6, 6.07) is 9.11. The highest BCUT2D eigenvalue weighted by Gasteiger charge is 2.16. The first-order chi connectivity index (χ1) is 11.7. The van der Waals surface area contributed by atoms with Crippen molar-refractivity contribution in [2.75, 3.05) is 19.8 Å². The Balaban J connectivity index is 1.43. The van der Waals surface area contributed by atoms with E-state index in [0.717, 1.165) is 25.0 Å². The summed E-state index contributed by atoms with van der Waals surface area (Å²) in [6.45, 7) is 1.51. The van der Waals surface area contributed by atoms with Crippen molar-refractivity contribution >= 4 is 17.5 Å². The molecule has 24 heavy (non-hydrogen) atoms. The quantitative estimate of drug-likeness (QED) is 0.831. The van der Waals surface area contributed by atoms with Crippen molar-refractivity contribution in [1.29, 1.82) is 0 Å². The number of hydrogen-bond donors (Lipinski definition) is 1. The highest BCUT2D eigenvalue weighted by Crippen LogP contribution is 2.27. The van der Waals surface area contributed by atoms with Crippen LogP contribution in [0.3, 0.4) is 0 Å².